The second kappa shape index (κ2) is 10.2. The van der Waals surface area contributed by atoms with Crippen LogP contribution in [0, 0.1) is 5.82 Å². The minimum atomic E-state index is -0.293. The Labute approximate surface area is 232 Å². The van der Waals surface area contributed by atoms with Crippen molar-refractivity contribution < 1.29 is 9.18 Å². The molecule has 5 aromatic rings. The molecule has 0 aliphatic carbocycles. The normalized spacial score (nSPS) is 16.6. The lowest BCUT2D eigenvalue weighted by atomic mass is 9.95. The monoisotopic (exact) mass is 536 g/mol. The first-order valence-corrected chi connectivity index (χ1v) is 14.2. The summed E-state index contributed by atoms with van der Waals surface area (Å²) >= 11 is 0. The maximum Gasteiger partial charge on any atom is 0.253 e. The van der Waals surface area contributed by atoms with Crippen LogP contribution in [-0.2, 0) is 13.6 Å². The molecule has 8 heteroatoms. The van der Waals surface area contributed by atoms with E-state index in [1.807, 2.05) is 36.2 Å². The van der Waals surface area contributed by atoms with Gasteiger partial charge >= 0.3 is 0 Å². The standard InChI is InChI=1S/C32H33FN6O/c1-36-29-21-24(10-11-26(29)30(35-36)23-6-4-7-25(33)20-23)32(40)38-16-12-22(13-17-38)31-34-27-8-2-3-9-28(27)39(31)19-18-37-14-5-15-37/h2-4,6-11,20-22H,5,12-19H2,1H3. The van der Waals surface area contributed by atoms with Crippen molar-refractivity contribution in [3.8, 4) is 11.3 Å². The zero-order valence-electron chi connectivity index (χ0n) is 22.8. The third-order valence-corrected chi connectivity index (χ3v) is 8.62. The molecule has 0 radical (unpaired) electrons. The molecule has 0 spiro atoms. The first-order chi connectivity index (χ1) is 19.5. The third-order valence-electron chi connectivity index (χ3n) is 8.62. The molecular formula is C32H33FN6O. The second-order valence-electron chi connectivity index (χ2n) is 11.1. The number of carbonyl (C=O) groups excluding carboxylic acids is 1. The average Bonchev–Trinajstić information content (AvgIpc) is 3.49. The highest BCUT2D eigenvalue weighted by Gasteiger charge is 2.29. The smallest absolute Gasteiger partial charge is 0.253 e. The van der Waals surface area contributed by atoms with Crippen LogP contribution < -0.4 is 0 Å². The fourth-order valence-corrected chi connectivity index (χ4v) is 6.25. The van der Waals surface area contributed by atoms with Crippen molar-refractivity contribution in [2.75, 3.05) is 32.7 Å². The number of likely N-dealkylation sites (tertiary alicyclic amines) is 2. The number of halogens is 1. The fourth-order valence-electron chi connectivity index (χ4n) is 6.25. The molecule has 4 heterocycles. The molecule has 2 aliphatic rings. The number of amides is 1. The molecule has 2 aromatic heterocycles. The number of imidazole rings is 1. The number of piperidine rings is 1. The second-order valence-corrected chi connectivity index (χ2v) is 11.1. The van der Waals surface area contributed by atoms with Crippen LogP contribution in [0.2, 0.25) is 0 Å². The first kappa shape index (κ1) is 25.0. The zero-order valence-corrected chi connectivity index (χ0v) is 22.8. The fraction of sp³-hybridized carbons (Fsp3) is 0.344. The third kappa shape index (κ3) is 4.46. The molecule has 2 aliphatic heterocycles. The maximum atomic E-state index is 13.8. The van der Waals surface area contributed by atoms with Gasteiger partial charge in [0.15, 0.2) is 0 Å². The van der Waals surface area contributed by atoms with E-state index < -0.39 is 0 Å². The summed E-state index contributed by atoms with van der Waals surface area (Å²) in [6, 6.07) is 20.6. The van der Waals surface area contributed by atoms with E-state index in [2.05, 4.69) is 38.8 Å². The molecule has 0 N–H and O–H groups in total. The highest BCUT2D eigenvalue weighted by Crippen LogP contribution is 2.32. The van der Waals surface area contributed by atoms with E-state index in [4.69, 9.17) is 4.98 Å². The number of aromatic nitrogens is 4. The van der Waals surface area contributed by atoms with Crippen LogP contribution in [-0.4, -0.2) is 67.8 Å². The van der Waals surface area contributed by atoms with Gasteiger partial charge in [-0.25, -0.2) is 9.37 Å². The minimum absolute atomic E-state index is 0.0418. The van der Waals surface area contributed by atoms with Crippen molar-refractivity contribution in [1.82, 2.24) is 29.1 Å². The number of aryl methyl sites for hydroxylation is 1. The van der Waals surface area contributed by atoms with E-state index in [0.717, 1.165) is 53.7 Å². The van der Waals surface area contributed by atoms with Crippen LogP contribution in [0.1, 0.15) is 41.4 Å². The number of para-hydroxylation sites is 2. The molecule has 0 unspecified atom stereocenters. The average molecular weight is 537 g/mol. The molecule has 3 aromatic carbocycles. The topological polar surface area (TPSA) is 59.2 Å². The van der Waals surface area contributed by atoms with E-state index >= 15 is 0 Å². The molecular weight excluding hydrogens is 503 g/mol. The van der Waals surface area contributed by atoms with Crippen molar-refractivity contribution in [3.63, 3.8) is 0 Å². The van der Waals surface area contributed by atoms with Crippen molar-refractivity contribution >= 4 is 27.8 Å². The van der Waals surface area contributed by atoms with Gasteiger partial charge in [0.25, 0.3) is 5.91 Å². The van der Waals surface area contributed by atoms with Crippen LogP contribution >= 0.6 is 0 Å². The van der Waals surface area contributed by atoms with Gasteiger partial charge in [0.2, 0.25) is 0 Å². The highest BCUT2D eigenvalue weighted by atomic mass is 19.1. The Balaban J connectivity index is 1.09. The summed E-state index contributed by atoms with van der Waals surface area (Å²) in [6.45, 7) is 5.81. The Hall–Kier alpha value is -4.04. The number of hydrogen-bond donors (Lipinski definition) is 0. The predicted octanol–water partition coefficient (Wildman–Crippen LogP) is 5.45. The van der Waals surface area contributed by atoms with Gasteiger partial charge in [-0.2, -0.15) is 5.10 Å². The van der Waals surface area contributed by atoms with Gasteiger partial charge in [-0.3, -0.25) is 9.48 Å². The van der Waals surface area contributed by atoms with E-state index in [1.165, 1.54) is 37.2 Å². The van der Waals surface area contributed by atoms with Crippen LogP contribution in [0.25, 0.3) is 33.2 Å². The zero-order chi connectivity index (χ0) is 27.2. The van der Waals surface area contributed by atoms with Crippen molar-refractivity contribution in [3.05, 3.63) is 83.9 Å². The summed E-state index contributed by atoms with van der Waals surface area (Å²) in [5.74, 6) is 1.24. The summed E-state index contributed by atoms with van der Waals surface area (Å²) < 4.78 is 18.0. The molecule has 1 amide bonds. The maximum absolute atomic E-state index is 13.8. The lowest BCUT2D eigenvalue weighted by molar-refractivity contribution is 0.0710. The minimum Gasteiger partial charge on any atom is -0.339 e. The van der Waals surface area contributed by atoms with Gasteiger partial charge in [0.1, 0.15) is 17.3 Å². The number of fused-ring (bicyclic) bond motifs is 2. The van der Waals surface area contributed by atoms with Gasteiger partial charge in [-0.05, 0) is 74.8 Å². The molecule has 0 bridgehead atoms. The number of nitrogens with zero attached hydrogens (tertiary/aromatic N) is 6. The summed E-state index contributed by atoms with van der Waals surface area (Å²) in [5.41, 5.74) is 5.22. The summed E-state index contributed by atoms with van der Waals surface area (Å²) in [5, 5.41) is 5.53. The molecule has 7 rings (SSSR count). The van der Waals surface area contributed by atoms with Crippen molar-refractivity contribution in [2.45, 2.75) is 31.7 Å². The Kier molecular flexibility index (Phi) is 6.35. The molecule has 0 saturated carbocycles. The summed E-state index contributed by atoms with van der Waals surface area (Å²) in [6.07, 6.45) is 3.10. The quantitative estimate of drug-likeness (QED) is 0.289. The molecule has 40 heavy (non-hydrogen) atoms. The summed E-state index contributed by atoms with van der Waals surface area (Å²) in [4.78, 5) is 23.1. The first-order valence-electron chi connectivity index (χ1n) is 14.2. The Morgan fingerprint density at radius 2 is 1.75 bits per heavy atom. The predicted molar refractivity (Wildman–Crippen MR) is 155 cm³/mol. The lowest BCUT2D eigenvalue weighted by Crippen LogP contribution is -2.40. The molecule has 0 atom stereocenters. The van der Waals surface area contributed by atoms with Gasteiger partial charge in [0.05, 0.1) is 16.6 Å². The molecule has 204 valence electrons. The van der Waals surface area contributed by atoms with Crippen molar-refractivity contribution in [2.24, 2.45) is 7.05 Å². The van der Waals surface area contributed by atoms with Gasteiger partial charge in [0, 0.05) is 55.7 Å². The Morgan fingerprint density at radius 3 is 2.52 bits per heavy atom. The lowest BCUT2D eigenvalue weighted by Gasteiger charge is -2.33. The van der Waals surface area contributed by atoms with Gasteiger partial charge < -0.3 is 14.4 Å². The van der Waals surface area contributed by atoms with Crippen LogP contribution in [0.4, 0.5) is 4.39 Å². The molecule has 7 nitrogen and oxygen atoms in total. The van der Waals surface area contributed by atoms with Gasteiger partial charge in [-0.1, -0.05) is 24.3 Å². The van der Waals surface area contributed by atoms with Gasteiger partial charge in [-0.15, -0.1) is 0 Å². The highest BCUT2D eigenvalue weighted by molar-refractivity contribution is 6.01. The van der Waals surface area contributed by atoms with Crippen molar-refractivity contribution in [1.29, 1.82) is 0 Å². The number of rotatable bonds is 6. The number of benzene rings is 3. The van der Waals surface area contributed by atoms with E-state index in [0.29, 0.717) is 30.3 Å². The SMILES string of the molecule is Cn1nc(-c2cccc(F)c2)c2ccc(C(=O)N3CCC(c4nc5ccccc5n4CCN4CCC4)CC3)cc21. The summed E-state index contributed by atoms with van der Waals surface area (Å²) in [7, 11) is 1.86. The number of carbonyl (C=O) groups is 1. The largest absolute Gasteiger partial charge is 0.339 e. The van der Waals surface area contributed by atoms with E-state index in [9.17, 15) is 9.18 Å². The Morgan fingerprint density at radius 1 is 0.925 bits per heavy atom. The number of hydrogen-bond acceptors (Lipinski definition) is 4. The van der Waals surface area contributed by atoms with Crippen LogP contribution in [0.5, 0.6) is 0 Å². The molecule has 2 fully saturated rings. The van der Waals surface area contributed by atoms with E-state index in [-0.39, 0.29) is 11.7 Å². The Bertz CT molecular complexity index is 1710. The molecule has 2 saturated heterocycles. The van der Waals surface area contributed by atoms with Crippen LogP contribution in [0.3, 0.4) is 0 Å². The van der Waals surface area contributed by atoms with E-state index in [1.54, 1.807) is 10.7 Å². The van der Waals surface area contributed by atoms with Crippen LogP contribution in [0.15, 0.2) is 66.7 Å².